The van der Waals surface area contributed by atoms with Crippen molar-refractivity contribution in [2.45, 2.75) is 13.0 Å². The SMILES string of the molecule is CC(Nc1cc(F)cc(F)c1F)c1ccc(Br)cc1. The van der Waals surface area contributed by atoms with E-state index in [-0.39, 0.29) is 11.7 Å². The molecule has 0 amide bonds. The van der Waals surface area contributed by atoms with Gasteiger partial charge < -0.3 is 5.32 Å². The molecule has 0 aliphatic heterocycles. The van der Waals surface area contributed by atoms with Crippen LogP contribution in [-0.2, 0) is 0 Å². The van der Waals surface area contributed by atoms with E-state index in [0.29, 0.717) is 6.07 Å². The molecule has 1 nitrogen and oxygen atoms in total. The van der Waals surface area contributed by atoms with Gasteiger partial charge in [-0.25, -0.2) is 13.2 Å². The maximum atomic E-state index is 13.5. The van der Waals surface area contributed by atoms with Crippen LogP contribution in [0.1, 0.15) is 18.5 Å². The zero-order chi connectivity index (χ0) is 14.0. The molecule has 100 valence electrons. The Morgan fingerprint density at radius 1 is 1.05 bits per heavy atom. The van der Waals surface area contributed by atoms with E-state index in [9.17, 15) is 13.2 Å². The topological polar surface area (TPSA) is 12.0 Å². The van der Waals surface area contributed by atoms with Crippen molar-refractivity contribution in [3.63, 3.8) is 0 Å². The molecule has 0 fully saturated rings. The van der Waals surface area contributed by atoms with Crippen molar-refractivity contribution in [3.8, 4) is 0 Å². The minimum atomic E-state index is -1.20. The monoisotopic (exact) mass is 329 g/mol. The van der Waals surface area contributed by atoms with Gasteiger partial charge in [-0.2, -0.15) is 0 Å². The molecular formula is C14H11BrF3N. The Hall–Kier alpha value is -1.49. The molecule has 0 saturated carbocycles. The number of benzene rings is 2. The molecule has 0 aromatic heterocycles. The lowest BCUT2D eigenvalue weighted by Gasteiger charge is -2.16. The zero-order valence-corrected chi connectivity index (χ0v) is 11.6. The maximum Gasteiger partial charge on any atom is 0.182 e. The van der Waals surface area contributed by atoms with Crippen LogP contribution in [0.25, 0.3) is 0 Å². The number of hydrogen-bond acceptors (Lipinski definition) is 1. The van der Waals surface area contributed by atoms with Gasteiger partial charge in [-0.15, -0.1) is 0 Å². The molecule has 1 N–H and O–H groups in total. The first-order valence-corrected chi connectivity index (χ1v) is 6.43. The van der Waals surface area contributed by atoms with Crippen molar-refractivity contribution in [2.75, 3.05) is 5.32 Å². The Kier molecular flexibility index (Phi) is 4.14. The van der Waals surface area contributed by atoms with Gasteiger partial charge in [0.15, 0.2) is 11.6 Å². The van der Waals surface area contributed by atoms with Crippen molar-refractivity contribution in [1.29, 1.82) is 0 Å². The van der Waals surface area contributed by atoms with Gasteiger partial charge in [-0.1, -0.05) is 28.1 Å². The summed E-state index contributed by atoms with van der Waals surface area (Å²) in [5.74, 6) is -3.10. The highest BCUT2D eigenvalue weighted by molar-refractivity contribution is 9.10. The number of hydrogen-bond donors (Lipinski definition) is 1. The standard InChI is InChI=1S/C14H11BrF3N/c1-8(9-2-4-10(15)5-3-9)19-13-7-11(16)6-12(17)14(13)18/h2-8,19H,1H3. The van der Waals surface area contributed by atoms with Gasteiger partial charge >= 0.3 is 0 Å². The van der Waals surface area contributed by atoms with E-state index in [1.165, 1.54) is 0 Å². The van der Waals surface area contributed by atoms with E-state index in [2.05, 4.69) is 21.2 Å². The van der Waals surface area contributed by atoms with E-state index < -0.39 is 17.5 Å². The fraction of sp³-hybridized carbons (Fsp3) is 0.143. The minimum absolute atomic E-state index is 0.187. The quantitative estimate of drug-likeness (QED) is 0.778. The molecule has 1 unspecified atom stereocenters. The minimum Gasteiger partial charge on any atom is -0.376 e. The van der Waals surface area contributed by atoms with E-state index in [1.807, 2.05) is 24.3 Å². The van der Waals surface area contributed by atoms with Gasteiger partial charge in [0, 0.05) is 22.6 Å². The van der Waals surface area contributed by atoms with Crippen molar-refractivity contribution in [1.82, 2.24) is 0 Å². The Morgan fingerprint density at radius 3 is 2.32 bits per heavy atom. The number of anilines is 1. The Balaban J connectivity index is 2.23. The summed E-state index contributed by atoms with van der Waals surface area (Å²) < 4.78 is 40.6. The second-order valence-electron chi connectivity index (χ2n) is 4.17. The van der Waals surface area contributed by atoms with Crippen LogP contribution < -0.4 is 5.32 Å². The average molecular weight is 330 g/mol. The van der Waals surface area contributed by atoms with Gasteiger partial charge in [-0.3, -0.25) is 0 Å². The summed E-state index contributed by atoms with van der Waals surface area (Å²) >= 11 is 3.31. The Morgan fingerprint density at radius 2 is 1.68 bits per heavy atom. The molecule has 0 saturated heterocycles. The van der Waals surface area contributed by atoms with Crippen LogP contribution in [0.15, 0.2) is 40.9 Å². The summed E-state index contributed by atoms with van der Waals surface area (Å²) in [6.07, 6.45) is 0. The molecule has 5 heteroatoms. The molecule has 0 spiro atoms. The lowest BCUT2D eigenvalue weighted by molar-refractivity contribution is 0.496. The van der Waals surface area contributed by atoms with Crippen LogP contribution in [0.2, 0.25) is 0 Å². The number of halogens is 4. The smallest absolute Gasteiger partial charge is 0.182 e. The first kappa shape index (κ1) is 13.9. The molecule has 19 heavy (non-hydrogen) atoms. The van der Waals surface area contributed by atoms with Crippen molar-refractivity contribution < 1.29 is 13.2 Å². The van der Waals surface area contributed by atoms with Gasteiger partial charge in [0.1, 0.15) is 5.82 Å². The summed E-state index contributed by atoms with van der Waals surface area (Å²) in [6.45, 7) is 1.78. The lowest BCUT2D eigenvalue weighted by atomic mass is 10.1. The first-order chi connectivity index (χ1) is 8.97. The summed E-state index contributed by atoms with van der Waals surface area (Å²) in [6, 6.07) is 8.55. The second kappa shape index (κ2) is 5.65. The van der Waals surface area contributed by atoms with Crippen LogP contribution >= 0.6 is 15.9 Å². The predicted octanol–water partition coefficient (Wildman–Crippen LogP) is 5.04. The third kappa shape index (κ3) is 3.29. The van der Waals surface area contributed by atoms with Gasteiger partial charge in [0.25, 0.3) is 0 Å². The second-order valence-corrected chi connectivity index (χ2v) is 5.08. The average Bonchev–Trinajstić information content (AvgIpc) is 2.36. The van der Waals surface area contributed by atoms with Gasteiger partial charge in [0.05, 0.1) is 5.69 Å². The molecule has 0 bridgehead atoms. The van der Waals surface area contributed by atoms with Crippen LogP contribution in [-0.4, -0.2) is 0 Å². The third-order valence-electron chi connectivity index (χ3n) is 2.74. The molecule has 0 aliphatic carbocycles. The summed E-state index contributed by atoms with van der Waals surface area (Å²) in [5.41, 5.74) is 0.695. The number of nitrogens with one attached hydrogen (secondary N) is 1. The molecule has 2 rings (SSSR count). The predicted molar refractivity (Wildman–Crippen MR) is 72.5 cm³/mol. The van der Waals surface area contributed by atoms with E-state index in [1.54, 1.807) is 6.92 Å². The Labute approximate surface area is 117 Å². The largest absolute Gasteiger partial charge is 0.376 e. The van der Waals surface area contributed by atoms with Crippen LogP contribution in [0.5, 0.6) is 0 Å². The molecule has 0 heterocycles. The highest BCUT2D eigenvalue weighted by Crippen LogP contribution is 2.25. The van der Waals surface area contributed by atoms with E-state index in [0.717, 1.165) is 16.1 Å². The third-order valence-corrected chi connectivity index (χ3v) is 3.26. The zero-order valence-electron chi connectivity index (χ0n) is 10.1. The fourth-order valence-corrected chi connectivity index (χ4v) is 1.99. The number of rotatable bonds is 3. The lowest BCUT2D eigenvalue weighted by Crippen LogP contribution is -2.09. The summed E-state index contributed by atoms with van der Waals surface area (Å²) in [5, 5.41) is 2.76. The highest BCUT2D eigenvalue weighted by atomic mass is 79.9. The van der Waals surface area contributed by atoms with Crippen LogP contribution in [0.4, 0.5) is 18.9 Å². The normalized spacial score (nSPS) is 12.3. The van der Waals surface area contributed by atoms with E-state index >= 15 is 0 Å². The molecule has 0 radical (unpaired) electrons. The Bertz CT molecular complexity index is 584. The van der Waals surface area contributed by atoms with Gasteiger partial charge in [-0.05, 0) is 24.6 Å². The highest BCUT2D eigenvalue weighted by Gasteiger charge is 2.13. The molecule has 2 aromatic rings. The molecule has 1 atom stereocenters. The summed E-state index contributed by atoms with van der Waals surface area (Å²) in [7, 11) is 0. The molecular weight excluding hydrogens is 319 g/mol. The van der Waals surface area contributed by atoms with Crippen molar-refractivity contribution in [2.24, 2.45) is 0 Å². The molecule has 0 aliphatic rings. The van der Waals surface area contributed by atoms with Crippen molar-refractivity contribution >= 4 is 21.6 Å². The first-order valence-electron chi connectivity index (χ1n) is 5.64. The maximum absolute atomic E-state index is 13.5. The summed E-state index contributed by atoms with van der Waals surface area (Å²) in [4.78, 5) is 0. The fourth-order valence-electron chi connectivity index (χ4n) is 1.73. The van der Waals surface area contributed by atoms with Crippen LogP contribution in [0.3, 0.4) is 0 Å². The van der Waals surface area contributed by atoms with Crippen molar-refractivity contribution in [3.05, 3.63) is 63.9 Å². The van der Waals surface area contributed by atoms with Gasteiger partial charge in [0.2, 0.25) is 0 Å². The van der Waals surface area contributed by atoms with Crippen LogP contribution in [0, 0.1) is 17.5 Å². The molecule has 2 aromatic carbocycles. The van der Waals surface area contributed by atoms with E-state index in [4.69, 9.17) is 0 Å².